The quantitative estimate of drug-likeness (QED) is 0.184. The van der Waals surface area contributed by atoms with E-state index in [2.05, 4.69) is 0 Å². The zero-order chi connectivity index (χ0) is 34.7. The molecule has 0 amide bonds. The lowest BCUT2D eigenvalue weighted by atomic mass is 9.83. The highest BCUT2D eigenvalue weighted by molar-refractivity contribution is 5.82. The van der Waals surface area contributed by atoms with Crippen molar-refractivity contribution in [1.82, 2.24) is 0 Å². The topological polar surface area (TPSA) is 239 Å². The summed E-state index contributed by atoms with van der Waals surface area (Å²) in [5, 5.41) is 73.7. The Hall–Kier alpha value is -2.76. The lowest BCUT2D eigenvalue weighted by Crippen LogP contribution is -2.59. The van der Waals surface area contributed by atoms with Gasteiger partial charge in [-0.05, 0) is 19.8 Å². The second-order valence-electron chi connectivity index (χ2n) is 12.4. The monoisotopic (exact) mass is 667 g/mol. The summed E-state index contributed by atoms with van der Waals surface area (Å²) in [5.74, 6) is -5.73. The Morgan fingerprint density at radius 3 is 2.28 bits per heavy atom. The number of aliphatic carboxylic acids is 1. The number of aliphatic hydroxyl groups excluding tert-OH is 5. The molecule has 0 aromatic heterocycles. The van der Waals surface area contributed by atoms with Gasteiger partial charge in [0.15, 0.2) is 12.1 Å². The predicted molar refractivity (Wildman–Crippen MR) is 167 cm³/mol. The van der Waals surface area contributed by atoms with Crippen LogP contribution in [-0.2, 0) is 28.5 Å². The molecule has 14 heteroatoms. The van der Waals surface area contributed by atoms with Crippen molar-refractivity contribution in [3.8, 4) is 0 Å². The maximum Gasteiger partial charge on any atom is 0.330 e. The number of rotatable bonds is 3. The summed E-state index contributed by atoms with van der Waals surface area (Å²) in [4.78, 5) is 24.4. The smallest absolute Gasteiger partial charge is 0.330 e. The fraction of sp³-hybridized carbons (Fsp3) is 0.636. The SMILES string of the molecule is C[C@H]1/C=C/C=C/C=C/C=C/C(OC2OC[C@@H](O)[C@H](N)[C@@H]2O)C[C@@H]2OC(O)(CC(O)CC(O)C/C=C/C(=O)O[C@@H]1C)C[C@H](O)[C@H]2C(=O)O. The minimum absolute atomic E-state index is 0.00105. The van der Waals surface area contributed by atoms with Crippen molar-refractivity contribution in [1.29, 1.82) is 0 Å². The first-order chi connectivity index (χ1) is 22.2. The number of hydrogen-bond donors (Lipinski definition) is 8. The van der Waals surface area contributed by atoms with E-state index in [1.165, 1.54) is 12.2 Å². The molecule has 5 unspecified atom stereocenters. The number of hydrogen-bond acceptors (Lipinski definition) is 13. The molecule has 9 N–H and O–H groups in total. The van der Waals surface area contributed by atoms with Crippen molar-refractivity contribution in [3.63, 3.8) is 0 Å². The van der Waals surface area contributed by atoms with E-state index < -0.39 is 97.6 Å². The molecule has 2 saturated heterocycles. The standard InChI is InChI=1S/C33H49NO13/c1-19-10-7-5-3-4-6-8-12-23(46-32-30(40)29(34)25(38)18-44-32)15-26-28(31(41)42)24(37)17-33(43,47-26)16-22(36)14-21(35)11-9-13-27(39)45-20(19)2/h3-10,12-13,19-26,28-30,32,35-38,40,43H,11,14-18,34H2,1-2H3,(H,41,42)/b5-3+,6-4+,10-7+,12-8+,13-9+/t19-,20+,21?,22?,23?,24-,25+,26-,28+,29-,30-,32?,33?/m0/s1. The van der Waals surface area contributed by atoms with Gasteiger partial charge in [0, 0.05) is 31.3 Å². The first-order valence-electron chi connectivity index (χ1n) is 15.8. The largest absolute Gasteiger partial charge is 0.481 e. The number of carbonyl (C=O) groups excluding carboxylic acids is 1. The number of aliphatic hydroxyl groups is 6. The molecule has 3 aliphatic heterocycles. The van der Waals surface area contributed by atoms with Crippen molar-refractivity contribution in [2.24, 2.45) is 17.6 Å². The van der Waals surface area contributed by atoms with Crippen LogP contribution in [0.15, 0.2) is 60.8 Å². The summed E-state index contributed by atoms with van der Waals surface area (Å²) >= 11 is 0. The highest BCUT2D eigenvalue weighted by atomic mass is 16.7. The fourth-order valence-corrected chi connectivity index (χ4v) is 5.62. The molecule has 47 heavy (non-hydrogen) atoms. The summed E-state index contributed by atoms with van der Waals surface area (Å²) in [6.07, 6.45) is 4.24. The van der Waals surface area contributed by atoms with Crippen LogP contribution in [-0.4, -0.2) is 121 Å². The van der Waals surface area contributed by atoms with Crippen molar-refractivity contribution in [2.75, 3.05) is 6.61 Å². The second-order valence-corrected chi connectivity index (χ2v) is 12.4. The van der Waals surface area contributed by atoms with E-state index in [9.17, 15) is 45.3 Å². The lowest BCUT2D eigenvalue weighted by molar-refractivity contribution is -0.305. The number of ether oxygens (including phenoxy) is 4. The maximum atomic E-state index is 12.2. The Kier molecular flexibility index (Phi) is 14.9. The predicted octanol–water partition coefficient (Wildman–Crippen LogP) is -0.0392. The van der Waals surface area contributed by atoms with Crippen LogP contribution < -0.4 is 5.73 Å². The third kappa shape index (κ3) is 12.0. The van der Waals surface area contributed by atoms with E-state index in [1.807, 2.05) is 13.0 Å². The molecule has 14 nitrogen and oxygen atoms in total. The average molecular weight is 668 g/mol. The van der Waals surface area contributed by atoms with Crippen molar-refractivity contribution >= 4 is 11.9 Å². The Morgan fingerprint density at radius 2 is 1.60 bits per heavy atom. The van der Waals surface area contributed by atoms with Crippen LogP contribution in [0.1, 0.15) is 46.0 Å². The van der Waals surface area contributed by atoms with E-state index in [0.717, 1.165) is 0 Å². The number of allylic oxidation sites excluding steroid dienone is 6. The van der Waals surface area contributed by atoms with E-state index in [0.29, 0.717) is 0 Å². The van der Waals surface area contributed by atoms with Crippen LogP contribution in [0.25, 0.3) is 0 Å². The zero-order valence-electron chi connectivity index (χ0n) is 26.6. The Balaban J connectivity index is 1.90. The van der Waals surface area contributed by atoms with Crippen molar-refractivity contribution in [2.45, 2.75) is 113 Å². The second kappa shape index (κ2) is 18.1. The number of esters is 1. The number of carboxylic acids is 1. The van der Waals surface area contributed by atoms with Crippen LogP contribution in [0.2, 0.25) is 0 Å². The third-order valence-electron chi connectivity index (χ3n) is 8.42. The van der Waals surface area contributed by atoms with Crippen LogP contribution >= 0.6 is 0 Å². The first kappa shape index (κ1) is 38.7. The average Bonchev–Trinajstić information content (AvgIpc) is 2.97. The zero-order valence-corrected chi connectivity index (χ0v) is 26.6. The van der Waals surface area contributed by atoms with Crippen molar-refractivity contribution < 1.29 is 64.3 Å². The number of carbonyl (C=O) groups is 2. The van der Waals surface area contributed by atoms with E-state index in [1.54, 1.807) is 49.5 Å². The highest BCUT2D eigenvalue weighted by Crippen LogP contribution is 2.38. The van der Waals surface area contributed by atoms with Gasteiger partial charge in [0.1, 0.15) is 18.1 Å². The molecule has 2 fully saturated rings. The lowest BCUT2D eigenvalue weighted by Gasteiger charge is -2.45. The molecular formula is C33H49NO13. The molecule has 3 heterocycles. The number of fused-ring (bicyclic) bond motifs is 2. The van der Waals surface area contributed by atoms with Crippen LogP contribution in [0.4, 0.5) is 0 Å². The van der Waals surface area contributed by atoms with Gasteiger partial charge in [-0.25, -0.2) is 4.79 Å². The summed E-state index contributed by atoms with van der Waals surface area (Å²) in [6.45, 7) is 3.43. The van der Waals surface area contributed by atoms with E-state index in [-0.39, 0.29) is 31.8 Å². The van der Waals surface area contributed by atoms with Crippen LogP contribution in [0, 0.1) is 11.8 Å². The van der Waals surface area contributed by atoms with Crippen LogP contribution in [0.5, 0.6) is 0 Å². The molecule has 0 aliphatic carbocycles. The minimum Gasteiger partial charge on any atom is -0.481 e. The van der Waals surface area contributed by atoms with Gasteiger partial charge in [0.05, 0.1) is 49.3 Å². The van der Waals surface area contributed by atoms with Gasteiger partial charge >= 0.3 is 11.9 Å². The number of nitrogens with two attached hydrogens (primary N) is 1. The molecule has 0 radical (unpaired) electrons. The summed E-state index contributed by atoms with van der Waals surface area (Å²) in [6, 6.07) is -1.07. The maximum absolute atomic E-state index is 12.2. The Morgan fingerprint density at radius 1 is 0.936 bits per heavy atom. The van der Waals surface area contributed by atoms with Gasteiger partial charge in [0.25, 0.3) is 0 Å². The van der Waals surface area contributed by atoms with Crippen LogP contribution in [0.3, 0.4) is 0 Å². The summed E-state index contributed by atoms with van der Waals surface area (Å²) in [5.41, 5.74) is 5.88. The first-order valence-corrected chi connectivity index (χ1v) is 15.8. The molecule has 264 valence electrons. The molecule has 13 atom stereocenters. The Bertz CT molecular complexity index is 1170. The van der Waals surface area contributed by atoms with Gasteiger partial charge in [-0.1, -0.05) is 61.6 Å². The Labute approximate surface area is 274 Å². The van der Waals surface area contributed by atoms with Gasteiger partial charge in [0.2, 0.25) is 0 Å². The molecule has 0 aromatic carbocycles. The van der Waals surface area contributed by atoms with E-state index >= 15 is 0 Å². The number of cyclic esters (lactones) is 1. The number of carboxylic acid groups (broad SMARTS) is 1. The van der Waals surface area contributed by atoms with Gasteiger partial charge in [-0.2, -0.15) is 0 Å². The summed E-state index contributed by atoms with van der Waals surface area (Å²) in [7, 11) is 0. The van der Waals surface area contributed by atoms with Crippen molar-refractivity contribution in [3.05, 3.63) is 60.8 Å². The molecule has 3 aliphatic rings. The van der Waals surface area contributed by atoms with E-state index in [4.69, 9.17) is 24.7 Å². The van der Waals surface area contributed by atoms with Gasteiger partial charge in [-0.15, -0.1) is 0 Å². The molecule has 0 spiro atoms. The summed E-state index contributed by atoms with van der Waals surface area (Å²) < 4.78 is 22.7. The molecule has 0 aromatic rings. The molecule has 3 rings (SSSR count). The molecule has 2 bridgehead atoms. The molecular weight excluding hydrogens is 618 g/mol. The van der Waals surface area contributed by atoms with Gasteiger partial charge < -0.3 is 60.4 Å². The normalized spacial score (nSPS) is 45.0. The molecule has 0 saturated carbocycles. The fourth-order valence-electron chi connectivity index (χ4n) is 5.62. The highest BCUT2D eigenvalue weighted by Gasteiger charge is 2.50. The minimum atomic E-state index is -2.17. The van der Waals surface area contributed by atoms with Gasteiger partial charge in [-0.3, -0.25) is 4.79 Å². The third-order valence-corrected chi connectivity index (χ3v) is 8.42.